The highest BCUT2D eigenvalue weighted by Crippen LogP contribution is 2.24. The van der Waals surface area contributed by atoms with Crippen molar-refractivity contribution in [2.24, 2.45) is 11.7 Å². The maximum atomic E-state index is 12.1. The SMILES string of the molecule is NC1CCCC1C(=O)NCc1ccc(CN2CCOCC2)cc1. The summed E-state index contributed by atoms with van der Waals surface area (Å²) in [7, 11) is 0. The van der Waals surface area contributed by atoms with Gasteiger partial charge in [0.1, 0.15) is 0 Å². The van der Waals surface area contributed by atoms with E-state index < -0.39 is 0 Å². The van der Waals surface area contributed by atoms with E-state index in [-0.39, 0.29) is 17.9 Å². The Kier molecular flexibility index (Phi) is 5.65. The van der Waals surface area contributed by atoms with Crippen molar-refractivity contribution >= 4 is 5.91 Å². The first kappa shape index (κ1) is 16.4. The zero-order valence-corrected chi connectivity index (χ0v) is 13.7. The molecule has 0 spiro atoms. The minimum absolute atomic E-state index is 0.00408. The van der Waals surface area contributed by atoms with Crippen molar-refractivity contribution in [3.63, 3.8) is 0 Å². The van der Waals surface area contributed by atoms with Crippen molar-refractivity contribution in [2.75, 3.05) is 26.3 Å². The molecule has 2 unspecified atom stereocenters. The quantitative estimate of drug-likeness (QED) is 0.858. The third-order valence-electron chi connectivity index (χ3n) is 4.91. The van der Waals surface area contributed by atoms with E-state index >= 15 is 0 Å². The Labute approximate surface area is 138 Å². The average molecular weight is 317 g/mol. The molecule has 1 heterocycles. The number of carbonyl (C=O) groups is 1. The van der Waals surface area contributed by atoms with Gasteiger partial charge in [-0.2, -0.15) is 0 Å². The number of hydrogen-bond acceptors (Lipinski definition) is 4. The van der Waals surface area contributed by atoms with Gasteiger partial charge in [0.15, 0.2) is 0 Å². The summed E-state index contributed by atoms with van der Waals surface area (Å²) in [6, 6.07) is 8.54. The predicted octanol–water partition coefficient (Wildman–Crippen LogP) is 1.26. The van der Waals surface area contributed by atoms with Gasteiger partial charge in [-0.15, -0.1) is 0 Å². The Balaban J connectivity index is 1.46. The van der Waals surface area contributed by atoms with Crippen molar-refractivity contribution in [3.8, 4) is 0 Å². The summed E-state index contributed by atoms with van der Waals surface area (Å²) in [6.07, 6.45) is 2.95. The monoisotopic (exact) mass is 317 g/mol. The lowest BCUT2D eigenvalue weighted by Crippen LogP contribution is -2.38. The van der Waals surface area contributed by atoms with Crippen molar-refractivity contribution in [2.45, 2.75) is 38.4 Å². The van der Waals surface area contributed by atoms with Crippen LogP contribution in [0.1, 0.15) is 30.4 Å². The van der Waals surface area contributed by atoms with Crippen LogP contribution in [0, 0.1) is 5.92 Å². The second kappa shape index (κ2) is 7.90. The number of nitrogens with two attached hydrogens (primary N) is 1. The molecule has 2 fully saturated rings. The van der Waals surface area contributed by atoms with Gasteiger partial charge in [-0.25, -0.2) is 0 Å². The summed E-state index contributed by atoms with van der Waals surface area (Å²) in [6.45, 7) is 5.20. The Hall–Kier alpha value is -1.43. The molecule has 126 valence electrons. The average Bonchev–Trinajstić information content (AvgIpc) is 3.01. The summed E-state index contributed by atoms with van der Waals surface area (Å²) < 4.78 is 5.37. The van der Waals surface area contributed by atoms with E-state index in [1.54, 1.807) is 0 Å². The maximum Gasteiger partial charge on any atom is 0.224 e. The minimum atomic E-state index is -0.00408. The van der Waals surface area contributed by atoms with E-state index in [1.165, 1.54) is 5.56 Å². The topological polar surface area (TPSA) is 67.6 Å². The van der Waals surface area contributed by atoms with Crippen molar-refractivity contribution in [3.05, 3.63) is 35.4 Å². The third kappa shape index (κ3) is 4.53. The number of nitrogens with one attached hydrogen (secondary N) is 1. The van der Waals surface area contributed by atoms with Crippen molar-refractivity contribution < 1.29 is 9.53 Å². The molecule has 2 aliphatic rings. The molecule has 0 bridgehead atoms. The molecule has 23 heavy (non-hydrogen) atoms. The fourth-order valence-electron chi connectivity index (χ4n) is 3.41. The smallest absolute Gasteiger partial charge is 0.224 e. The number of rotatable bonds is 5. The van der Waals surface area contributed by atoms with Gasteiger partial charge in [-0.3, -0.25) is 9.69 Å². The Morgan fingerprint density at radius 2 is 1.87 bits per heavy atom. The van der Waals surface area contributed by atoms with Gasteiger partial charge in [0.2, 0.25) is 5.91 Å². The van der Waals surface area contributed by atoms with Gasteiger partial charge in [0.05, 0.1) is 19.1 Å². The molecular weight excluding hydrogens is 290 g/mol. The standard InChI is InChI=1S/C18H27N3O2/c19-17-3-1-2-16(17)18(22)20-12-14-4-6-15(7-5-14)13-21-8-10-23-11-9-21/h4-7,16-17H,1-3,8-13,19H2,(H,20,22). The molecule has 1 saturated heterocycles. The van der Waals surface area contributed by atoms with Gasteiger partial charge in [0.25, 0.3) is 0 Å². The number of hydrogen-bond donors (Lipinski definition) is 2. The minimum Gasteiger partial charge on any atom is -0.379 e. The lowest BCUT2D eigenvalue weighted by molar-refractivity contribution is -0.125. The molecule has 3 N–H and O–H groups in total. The van der Waals surface area contributed by atoms with Gasteiger partial charge in [-0.05, 0) is 24.0 Å². The van der Waals surface area contributed by atoms with Gasteiger partial charge in [-0.1, -0.05) is 30.7 Å². The zero-order valence-electron chi connectivity index (χ0n) is 13.7. The lowest BCUT2D eigenvalue weighted by atomic mass is 10.0. The summed E-state index contributed by atoms with van der Waals surface area (Å²) in [5, 5.41) is 3.03. The van der Waals surface area contributed by atoms with Crippen LogP contribution in [0.15, 0.2) is 24.3 Å². The molecule has 3 rings (SSSR count). The number of ether oxygens (including phenoxy) is 1. The number of nitrogens with zero attached hydrogens (tertiary/aromatic N) is 1. The second-order valence-electron chi connectivity index (χ2n) is 6.62. The highest BCUT2D eigenvalue weighted by atomic mass is 16.5. The molecule has 0 aromatic heterocycles. The molecule has 1 aromatic rings. The van der Waals surface area contributed by atoms with Crippen LogP contribution in [0.25, 0.3) is 0 Å². The zero-order chi connectivity index (χ0) is 16.1. The predicted molar refractivity (Wildman–Crippen MR) is 89.7 cm³/mol. The molecule has 0 radical (unpaired) electrons. The summed E-state index contributed by atoms with van der Waals surface area (Å²) in [5.74, 6) is 0.1000. The van der Waals surface area contributed by atoms with E-state index in [4.69, 9.17) is 10.5 Å². The molecule has 1 amide bonds. The van der Waals surface area contributed by atoms with Gasteiger partial charge >= 0.3 is 0 Å². The van der Waals surface area contributed by atoms with Crippen LogP contribution in [0.5, 0.6) is 0 Å². The lowest BCUT2D eigenvalue weighted by Gasteiger charge is -2.26. The van der Waals surface area contributed by atoms with E-state index in [1.807, 2.05) is 0 Å². The highest BCUT2D eigenvalue weighted by Gasteiger charge is 2.29. The van der Waals surface area contributed by atoms with Crippen LogP contribution in [-0.4, -0.2) is 43.2 Å². The van der Waals surface area contributed by atoms with Crippen LogP contribution in [0.4, 0.5) is 0 Å². The van der Waals surface area contributed by atoms with E-state index in [0.29, 0.717) is 6.54 Å². The number of morpholine rings is 1. The Morgan fingerprint density at radius 3 is 2.52 bits per heavy atom. The molecular formula is C18H27N3O2. The van der Waals surface area contributed by atoms with E-state index in [9.17, 15) is 4.79 Å². The third-order valence-corrected chi connectivity index (χ3v) is 4.91. The number of benzene rings is 1. The van der Waals surface area contributed by atoms with Crippen molar-refractivity contribution in [1.29, 1.82) is 0 Å². The molecule has 1 aliphatic carbocycles. The largest absolute Gasteiger partial charge is 0.379 e. The van der Waals surface area contributed by atoms with E-state index in [2.05, 4.69) is 34.5 Å². The van der Waals surface area contributed by atoms with Crippen molar-refractivity contribution in [1.82, 2.24) is 10.2 Å². The maximum absolute atomic E-state index is 12.1. The molecule has 1 aromatic carbocycles. The number of carbonyl (C=O) groups excluding carboxylic acids is 1. The van der Waals surface area contributed by atoms with Crippen LogP contribution in [-0.2, 0) is 22.6 Å². The molecule has 2 atom stereocenters. The van der Waals surface area contributed by atoms with Crippen LogP contribution < -0.4 is 11.1 Å². The molecule has 5 heteroatoms. The van der Waals surface area contributed by atoms with Gasteiger partial charge in [0, 0.05) is 32.2 Å². The highest BCUT2D eigenvalue weighted by molar-refractivity contribution is 5.79. The Bertz CT molecular complexity index is 512. The molecule has 5 nitrogen and oxygen atoms in total. The van der Waals surface area contributed by atoms with E-state index in [0.717, 1.165) is 57.7 Å². The summed E-state index contributed by atoms with van der Waals surface area (Å²) >= 11 is 0. The molecule has 1 saturated carbocycles. The second-order valence-corrected chi connectivity index (χ2v) is 6.62. The fraction of sp³-hybridized carbons (Fsp3) is 0.611. The van der Waals surface area contributed by atoms with Crippen LogP contribution in [0.3, 0.4) is 0 Å². The first-order chi connectivity index (χ1) is 11.2. The first-order valence-corrected chi connectivity index (χ1v) is 8.63. The molecule has 1 aliphatic heterocycles. The van der Waals surface area contributed by atoms with Gasteiger partial charge < -0.3 is 15.8 Å². The summed E-state index contributed by atoms with van der Waals surface area (Å²) in [4.78, 5) is 14.6. The normalized spacial score (nSPS) is 25.4. The Morgan fingerprint density at radius 1 is 1.17 bits per heavy atom. The fourth-order valence-corrected chi connectivity index (χ4v) is 3.41. The summed E-state index contributed by atoms with van der Waals surface area (Å²) in [5.41, 5.74) is 8.42. The van der Waals surface area contributed by atoms with Crippen LogP contribution >= 0.6 is 0 Å². The number of amides is 1. The first-order valence-electron chi connectivity index (χ1n) is 8.63. The van der Waals surface area contributed by atoms with Crippen LogP contribution in [0.2, 0.25) is 0 Å².